The standard InChI is InChI=1S/Li.Nb.3O.V.H. The fourth-order valence-corrected chi connectivity index (χ4v) is 0. The number of rotatable bonds is 0. The zero-order valence-corrected chi connectivity index (χ0v) is 5.71. The first-order valence-electron chi connectivity index (χ1n) is 0.548. The second-order valence-electron chi connectivity index (χ2n) is 0.224. The van der Waals surface area contributed by atoms with Crippen LogP contribution in [0.3, 0.4) is 0 Å². The van der Waals surface area contributed by atoms with Crippen LogP contribution in [0.2, 0.25) is 0 Å². The predicted molar refractivity (Wildman–Crippen MR) is 9.21 cm³/mol. The first-order chi connectivity index (χ1) is 1.73. The molecule has 0 atom stereocenters. The summed E-state index contributed by atoms with van der Waals surface area (Å²) >= 11 is -4.20. The summed E-state index contributed by atoms with van der Waals surface area (Å²) in [5.74, 6) is 0. The fourth-order valence-electron chi connectivity index (χ4n) is 0. The summed E-state index contributed by atoms with van der Waals surface area (Å²) in [4.78, 5) is 0. The maximum Gasteiger partial charge on any atom is 0 e. The molecule has 0 aromatic carbocycles. The average molecular weight is 200 g/mol. The molecule has 1 radical (unpaired) electrons. The third-order valence-corrected chi connectivity index (χ3v) is 0. The smallest absolute Gasteiger partial charge is 0 e. The molecule has 0 rings (SSSR count). The van der Waals surface area contributed by atoms with Gasteiger partial charge in [-0.3, -0.25) is 0 Å². The van der Waals surface area contributed by atoms with Gasteiger partial charge in [-0.2, -0.15) is 0 Å². The zero-order valence-electron chi connectivity index (χ0n) is 2.12. The van der Waals surface area contributed by atoms with Crippen molar-refractivity contribution in [3.05, 3.63) is 0 Å². The van der Waals surface area contributed by atoms with E-state index in [4.69, 9.17) is 9.75 Å². The summed E-state index contributed by atoms with van der Waals surface area (Å²) in [6.07, 6.45) is 0. The molecule has 6 heavy (non-hydrogen) atoms. The molecule has 0 spiro atoms. The quantitative estimate of drug-likeness (QED) is 0.470. The summed E-state index contributed by atoms with van der Waals surface area (Å²) in [6, 6.07) is 0. The van der Waals surface area contributed by atoms with Gasteiger partial charge in [-0.15, -0.1) is 0 Å². The maximum atomic E-state index is 8.60. The Hall–Kier alpha value is 1.32. The molecule has 0 heterocycles. The summed E-state index contributed by atoms with van der Waals surface area (Å²) in [5, 5.41) is 0. The largest absolute Gasteiger partial charge is 0 e. The molecular weight excluding hydrogens is 199 g/mol. The van der Waals surface area contributed by atoms with E-state index in [-0.39, 0.29) is 37.4 Å². The van der Waals surface area contributed by atoms with Crippen LogP contribution in [0.1, 0.15) is 0 Å². The van der Waals surface area contributed by atoms with E-state index >= 15 is 0 Å². The van der Waals surface area contributed by atoms with Gasteiger partial charge in [0, 0.05) is 18.6 Å². The maximum absolute atomic E-state index is 8.60. The van der Waals surface area contributed by atoms with Crippen LogP contribution in [0.15, 0.2) is 0 Å². The van der Waals surface area contributed by atoms with Crippen LogP contribution >= 0.6 is 0 Å². The molecule has 0 aliphatic rings. The first-order valence-corrected chi connectivity index (χ1v) is 3.24. The van der Waals surface area contributed by atoms with Crippen LogP contribution in [0.4, 0.5) is 0 Å². The normalized spacial score (nSPS) is 4.00. The third-order valence-electron chi connectivity index (χ3n) is 0. The molecule has 0 N–H and O–H groups in total. The van der Waals surface area contributed by atoms with Gasteiger partial charge >= 0.3 is 47.0 Å². The van der Waals surface area contributed by atoms with Crippen LogP contribution in [-0.2, 0) is 46.7 Å². The third kappa shape index (κ3) is 56.9. The number of hydrogen-bond donors (Lipinski definition) is 0. The molecular formula is HLiNbO3V. The second-order valence-corrected chi connectivity index (χ2v) is 1.32. The Morgan fingerprint density at radius 1 is 1.00 bits per heavy atom. The van der Waals surface area contributed by atoms with E-state index in [0.29, 0.717) is 0 Å². The fraction of sp³-hybridized carbons (Fsp3) is 0. The van der Waals surface area contributed by atoms with E-state index in [1.807, 2.05) is 0 Å². The minimum absolute atomic E-state index is 0. The summed E-state index contributed by atoms with van der Waals surface area (Å²) < 4.78 is 25.8. The molecule has 0 saturated carbocycles. The summed E-state index contributed by atoms with van der Waals surface area (Å²) in [6.45, 7) is 0. The van der Waals surface area contributed by atoms with Gasteiger partial charge in [0.05, 0.1) is 0 Å². The predicted octanol–water partition coefficient (Wildman–Crippen LogP) is -1.01. The minimum atomic E-state index is -4.20. The van der Waals surface area contributed by atoms with Crippen LogP contribution in [-0.4, -0.2) is 18.9 Å². The van der Waals surface area contributed by atoms with Gasteiger partial charge in [0.2, 0.25) is 0 Å². The van der Waals surface area contributed by atoms with Crippen molar-refractivity contribution in [1.82, 2.24) is 0 Å². The molecule has 30 valence electrons. The van der Waals surface area contributed by atoms with Crippen molar-refractivity contribution in [2.75, 3.05) is 0 Å². The van der Waals surface area contributed by atoms with Crippen molar-refractivity contribution < 1.29 is 46.7 Å². The van der Waals surface area contributed by atoms with Crippen LogP contribution in [0, 0.1) is 0 Å². The van der Waals surface area contributed by atoms with Crippen molar-refractivity contribution in [3.8, 4) is 0 Å². The van der Waals surface area contributed by atoms with E-state index in [1.54, 1.807) is 0 Å². The second kappa shape index (κ2) is 9.59. The van der Waals surface area contributed by atoms with Crippen molar-refractivity contribution in [3.63, 3.8) is 0 Å². The van der Waals surface area contributed by atoms with Crippen LogP contribution in [0.25, 0.3) is 0 Å². The van der Waals surface area contributed by atoms with E-state index < -0.39 is 18.4 Å². The van der Waals surface area contributed by atoms with E-state index in [9.17, 15) is 0 Å². The molecule has 3 nitrogen and oxygen atoms in total. The Morgan fingerprint density at radius 3 is 1.00 bits per heavy atom. The van der Waals surface area contributed by atoms with Crippen molar-refractivity contribution in [1.29, 1.82) is 0 Å². The minimum Gasteiger partial charge on any atom is 0 e. The monoisotopic (exact) mass is 200 g/mol. The Kier molecular flexibility index (Phi) is 25.0. The van der Waals surface area contributed by atoms with Gasteiger partial charge in [-0.05, 0) is 0 Å². The molecule has 0 fully saturated rings. The van der Waals surface area contributed by atoms with E-state index in [0.717, 1.165) is 0 Å². The van der Waals surface area contributed by atoms with Gasteiger partial charge in [-0.25, -0.2) is 0 Å². The van der Waals surface area contributed by atoms with Crippen molar-refractivity contribution in [2.45, 2.75) is 0 Å². The van der Waals surface area contributed by atoms with Crippen molar-refractivity contribution in [2.24, 2.45) is 0 Å². The number of hydrogen-bond acceptors (Lipinski definition) is 3. The SMILES string of the molecule is [LiH].[O]=[Nb](=[O])=[O].[V]. The Balaban J connectivity index is -0.0000000450. The topological polar surface area (TPSA) is 51.2 Å². The molecule has 0 unspecified atom stereocenters. The average Bonchev–Trinajstić information content (AvgIpc) is 0.811. The molecule has 0 bridgehead atoms. The molecule has 0 aromatic rings. The Labute approximate surface area is 65.1 Å². The Bertz CT molecular complexity index is 80.2. The molecule has 0 aliphatic heterocycles. The van der Waals surface area contributed by atoms with E-state index in [2.05, 4.69) is 0 Å². The van der Waals surface area contributed by atoms with Gasteiger partial charge in [-0.1, -0.05) is 0 Å². The molecule has 6 heteroatoms. The van der Waals surface area contributed by atoms with Gasteiger partial charge < -0.3 is 0 Å². The van der Waals surface area contributed by atoms with Crippen molar-refractivity contribution >= 4 is 18.9 Å². The first kappa shape index (κ1) is 15.7. The van der Waals surface area contributed by atoms with Crippen LogP contribution < -0.4 is 0 Å². The Morgan fingerprint density at radius 2 is 1.00 bits per heavy atom. The summed E-state index contributed by atoms with van der Waals surface area (Å²) in [5.41, 5.74) is 0. The molecule has 0 aliphatic carbocycles. The molecule has 0 saturated heterocycles. The summed E-state index contributed by atoms with van der Waals surface area (Å²) in [7, 11) is 0. The van der Waals surface area contributed by atoms with E-state index in [1.165, 1.54) is 0 Å². The van der Waals surface area contributed by atoms with Gasteiger partial charge in [0.25, 0.3) is 0 Å². The van der Waals surface area contributed by atoms with Gasteiger partial charge in [0.1, 0.15) is 0 Å². The van der Waals surface area contributed by atoms with Crippen LogP contribution in [0.5, 0.6) is 0 Å². The van der Waals surface area contributed by atoms with Gasteiger partial charge in [0.15, 0.2) is 0 Å². The molecule has 0 amide bonds. The zero-order chi connectivity index (χ0) is 3.58. The molecule has 0 aromatic heterocycles.